The zero-order chi connectivity index (χ0) is 43.0. The molecule has 0 aromatic heterocycles. The summed E-state index contributed by atoms with van der Waals surface area (Å²) in [4.78, 5) is 106. The van der Waals surface area contributed by atoms with Crippen LogP contribution in [-0.2, 0) is 38.4 Å². The molecule has 0 aromatic rings. The Morgan fingerprint density at radius 2 is 1.27 bits per heavy atom. The second-order valence-corrected chi connectivity index (χ2v) is 13.8. The van der Waals surface area contributed by atoms with Gasteiger partial charge in [-0.25, -0.2) is 4.79 Å². The van der Waals surface area contributed by atoms with Gasteiger partial charge in [-0.2, -0.15) is 0 Å². The fourth-order valence-corrected chi connectivity index (χ4v) is 5.15. The number of nitrogens with two attached hydrogens (primary N) is 4. The number of carbonyl (C=O) groups is 8. The summed E-state index contributed by atoms with van der Waals surface area (Å²) in [5.74, 6) is -8.34. The van der Waals surface area contributed by atoms with Gasteiger partial charge in [-0.05, 0) is 63.3 Å². The van der Waals surface area contributed by atoms with Crippen molar-refractivity contribution in [2.45, 2.75) is 122 Å². The molecule has 22 nitrogen and oxygen atoms in total. The number of aliphatic imine (C=N–C) groups is 1. The van der Waals surface area contributed by atoms with Crippen LogP contribution in [0.1, 0.15) is 85.5 Å². The van der Waals surface area contributed by atoms with Crippen molar-refractivity contribution >= 4 is 53.3 Å². The number of hydrogen-bond donors (Lipinski definition) is 13. The van der Waals surface area contributed by atoms with E-state index in [9.17, 15) is 53.7 Å². The monoisotopic (exact) mass is 801 g/mol. The molecule has 0 saturated heterocycles. The van der Waals surface area contributed by atoms with Crippen molar-refractivity contribution in [2.24, 2.45) is 39.8 Å². The van der Waals surface area contributed by atoms with Gasteiger partial charge in [0.25, 0.3) is 0 Å². The maximum atomic E-state index is 13.8. The molecule has 0 fully saturated rings. The first-order chi connectivity index (χ1) is 26.3. The minimum absolute atomic E-state index is 0.0300. The molecule has 320 valence electrons. The number of aliphatic hydroxyl groups excluding tert-OH is 1. The number of carboxylic acids is 2. The summed E-state index contributed by atoms with van der Waals surface area (Å²) < 4.78 is 0. The van der Waals surface area contributed by atoms with Crippen LogP contribution in [0.4, 0.5) is 0 Å². The number of nitrogens with zero attached hydrogens (tertiary/aromatic N) is 1. The fourth-order valence-electron chi connectivity index (χ4n) is 5.15. The summed E-state index contributed by atoms with van der Waals surface area (Å²) in [6.45, 7) is 6.07. The minimum Gasteiger partial charge on any atom is -0.481 e. The van der Waals surface area contributed by atoms with Crippen LogP contribution in [0.3, 0.4) is 0 Å². The molecule has 0 radical (unpaired) electrons. The third-order valence-corrected chi connectivity index (χ3v) is 8.53. The number of amides is 6. The molecule has 56 heavy (non-hydrogen) atoms. The van der Waals surface area contributed by atoms with E-state index in [2.05, 4.69) is 36.9 Å². The van der Waals surface area contributed by atoms with E-state index in [1.54, 1.807) is 13.8 Å². The Kier molecular flexibility index (Phi) is 25.0. The predicted molar refractivity (Wildman–Crippen MR) is 204 cm³/mol. The Labute approximate surface area is 326 Å². The Hall–Kier alpha value is -5.09. The summed E-state index contributed by atoms with van der Waals surface area (Å²) in [6.07, 6.45) is 0.768. The molecular weight excluding hydrogens is 738 g/mol. The lowest BCUT2D eigenvalue weighted by molar-refractivity contribution is -0.142. The predicted octanol–water partition coefficient (Wildman–Crippen LogP) is -3.93. The maximum absolute atomic E-state index is 13.8. The van der Waals surface area contributed by atoms with E-state index < -0.39 is 116 Å². The van der Waals surface area contributed by atoms with Crippen LogP contribution < -0.4 is 54.8 Å². The topological polar surface area (TPSA) is 386 Å². The average molecular weight is 802 g/mol. The standard InChI is InChI=1S/C34H63N11O11/c1-5-19(4)27(45-30(52)21(9-6-7-13-35)42-31(53)24(15-18(2)3)44-28(50)20(36)17-46)32(54)43-22(11-12-26(48)49)29(51)40-16-25(47)41-23(33(55)56)10-8-14-39-34(37)38/h18-24,27,46H,5-17,35-36H2,1-4H3,(H,40,51)(H,41,47)(H,42,53)(H,43,54)(H,44,50)(H,45,52)(H,48,49)(H,55,56)(H4,37,38,39)/t19-,20-,21-,22-,23-,24-,27-/m0/s1. The second kappa shape index (κ2) is 27.5. The first-order valence-electron chi connectivity index (χ1n) is 18.6. The third-order valence-electron chi connectivity index (χ3n) is 8.53. The van der Waals surface area contributed by atoms with Crippen molar-refractivity contribution in [1.29, 1.82) is 0 Å². The van der Waals surface area contributed by atoms with Crippen LogP contribution in [0.15, 0.2) is 4.99 Å². The molecule has 22 heteroatoms. The van der Waals surface area contributed by atoms with Crippen molar-refractivity contribution < 1.29 is 53.7 Å². The van der Waals surface area contributed by atoms with Crippen LogP contribution >= 0.6 is 0 Å². The molecule has 0 spiro atoms. The number of nitrogens with one attached hydrogen (secondary N) is 6. The Bertz CT molecular complexity index is 1340. The zero-order valence-corrected chi connectivity index (χ0v) is 32.7. The zero-order valence-electron chi connectivity index (χ0n) is 32.7. The molecule has 0 aromatic carbocycles. The smallest absolute Gasteiger partial charge is 0.326 e. The maximum Gasteiger partial charge on any atom is 0.326 e. The lowest BCUT2D eigenvalue weighted by atomic mass is 9.96. The van der Waals surface area contributed by atoms with E-state index in [0.717, 1.165) is 0 Å². The highest BCUT2D eigenvalue weighted by atomic mass is 16.4. The summed E-state index contributed by atoms with van der Waals surface area (Å²) in [5.41, 5.74) is 21.7. The van der Waals surface area contributed by atoms with Crippen LogP contribution in [0.5, 0.6) is 0 Å². The molecule has 7 atom stereocenters. The second-order valence-electron chi connectivity index (χ2n) is 13.8. The van der Waals surface area contributed by atoms with Gasteiger partial charge in [-0.15, -0.1) is 0 Å². The SMILES string of the molecule is CC[C@H](C)[C@H](NC(=O)[C@H](CCCCN)NC(=O)[C@H](CC(C)C)NC(=O)[C@@H](N)CO)C(=O)N[C@@H](CCC(=O)O)C(=O)NCC(=O)N[C@@H](CCCN=C(N)N)C(=O)O. The van der Waals surface area contributed by atoms with Gasteiger partial charge >= 0.3 is 11.9 Å². The van der Waals surface area contributed by atoms with Crippen LogP contribution in [-0.4, -0.2) is 131 Å². The molecular formula is C34H63N11O11. The number of guanidine groups is 1. The first-order valence-corrected chi connectivity index (χ1v) is 18.6. The van der Waals surface area contributed by atoms with Crippen molar-refractivity contribution in [2.75, 3.05) is 26.2 Å². The fraction of sp³-hybridized carbons (Fsp3) is 0.735. The van der Waals surface area contributed by atoms with Crippen LogP contribution in [0, 0.1) is 11.8 Å². The van der Waals surface area contributed by atoms with Crippen molar-refractivity contribution in [3.63, 3.8) is 0 Å². The minimum atomic E-state index is -1.49. The van der Waals surface area contributed by atoms with Gasteiger partial charge in [0.05, 0.1) is 13.2 Å². The number of aliphatic hydroxyl groups is 1. The summed E-state index contributed by atoms with van der Waals surface area (Å²) in [6, 6.07) is -7.69. The van der Waals surface area contributed by atoms with Crippen molar-refractivity contribution in [3.8, 4) is 0 Å². The molecule has 0 aliphatic heterocycles. The van der Waals surface area contributed by atoms with Gasteiger partial charge in [0.15, 0.2) is 5.96 Å². The third kappa shape index (κ3) is 21.1. The number of carboxylic acid groups (broad SMARTS) is 2. The number of rotatable bonds is 29. The highest BCUT2D eigenvalue weighted by Crippen LogP contribution is 2.12. The van der Waals surface area contributed by atoms with E-state index in [0.29, 0.717) is 25.8 Å². The quantitative estimate of drug-likeness (QED) is 0.0195. The molecule has 17 N–H and O–H groups in total. The lowest BCUT2D eigenvalue weighted by Crippen LogP contribution is -2.60. The lowest BCUT2D eigenvalue weighted by Gasteiger charge is -2.29. The summed E-state index contributed by atoms with van der Waals surface area (Å²) in [5, 5.41) is 42.8. The first kappa shape index (κ1) is 50.9. The largest absolute Gasteiger partial charge is 0.481 e. The van der Waals surface area contributed by atoms with Gasteiger partial charge in [-0.1, -0.05) is 34.1 Å². The Morgan fingerprint density at radius 3 is 1.80 bits per heavy atom. The van der Waals surface area contributed by atoms with Gasteiger partial charge in [0.1, 0.15) is 36.3 Å². The molecule has 0 unspecified atom stereocenters. The molecule has 0 bridgehead atoms. The Balaban J connectivity index is 6.06. The van der Waals surface area contributed by atoms with Crippen LogP contribution in [0.2, 0.25) is 0 Å². The van der Waals surface area contributed by atoms with E-state index in [1.807, 2.05) is 13.8 Å². The average Bonchev–Trinajstić information content (AvgIpc) is 3.13. The molecule has 0 saturated carbocycles. The molecule has 0 heterocycles. The highest BCUT2D eigenvalue weighted by molar-refractivity contribution is 5.96. The van der Waals surface area contributed by atoms with Gasteiger partial charge < -0.3 is 70.2 Å². The number of hydrogen-bond acceptors (Lipinski definition) is 12. The molecule has 0 rings (SSSR count). The normalized spacial score (nSPS) is 14.7. The highest BCUT2D eigenvalue weighted by Gasteiger charge is 2.34. The van der Waals surface area contributed by atoms with E-state index in [-0.39, 0.29) is 44.1 Å². The van der Waals surface area contributed by atoms with E-state index in [4.69, 9.17) is 22.9 Å². The molecule has 6 amide bonds. The number of carbonyl (C=O) groups excluding carboxylic acids is 6. The molecule has 0 aliphatic rings. The van der Waals surface area contributed by atoms with E-state index >= 15 is 0 Å². The molecule has 0 aliphatic carbocycles. The van der Waals surface area contributed by atoms with Crippen molar-refractivity contribution in [3.05, 3.63) is 0 Å². The van der Waals surface area contributed by atoms with Gasteiger partial charge in [0, 0.05) is 13.0 Å². The summed E-state index contributed by atoms with van der Waals surface area (Å²) in [7, 11) is 0. The number of unbranched alkanes of at least 4 members (excludes halogenated alkanes) is 1. The summed E-state index contributed by atoms with van der Waals surface area (Å²) >= 11 is 0. The van der Waals surface area contributed by atoms with Crippen molar-refractivity contribution in [1.82, 2.24) is 31.9 Å². The van der Waals surface area contributed by atoms with Crippen LogP contribution in [0.25, 0.3) is 0 Å². The van der Waals surface area contributed by atoms with Gasteiger partial charge in [0.2, 0.25) is 35.4 Å². The number of aliphatic carboxylic acids is 2. The van der Waals surface area contributed by atoms with Gasteiger partial charge in [-0.3, -0.25) is 38.6 Å². The van der Waals surface area contributed by atoms with E-state index in [1.165, 1.54) is 0 Å². The Morgan fingerprint density at radius 1 is 0.696 bits per heavy atom.